The van der Waals surface area contributed by atoms with Crippen LogP contribution in [0.15, 0.2) is 41.6 Å². The zero-order valence-corrected chi connectivity index (χ0v) is 16.7. The molecule has 0 saturated heterocycles. The highest BCUT2D eigenvalue weighted by Crippen LogP contribution is 2.28. The topological polar surface area (TPSA) is 94.6 Å². The van der Waals surface area contributed by atoms with E-state index in [1.165, 1.54) is 32.5 Å². The van der Waals surface area contributed by atoms with Gasteiger partial charge in [0.15, 0.2) is 0 Å². The number of pyridine rings is 1. The van der Waals surface area contributed by atoms with E-state index in [2.05, 4.69) is 10.3 Å². The number of carbonyl (C=O) groups is 2. The van der Waals surface area contributed by atoms with E-state index >= 15 is 0 Å². The van der Waals surface area contributed by atoms with Gasteiger partial charge in [0.1, 0.15) is 10.8 Å². The van der Waals surface area contributed by atoms with Crippen LogP contribution in [0, 0.1) is 0 Å². The predicted octanol–water partition coefficient (Wildman–Crippen LogP) is 3.04. The minimum atomic E-state index is -1.49. The van der Waals surface area contributed by atoms with Crippen molar-refractivity contribution in [3.8, 4) is 5.75 Å². The minimum absolute atomic E-state index is 0.191. The SMILES string of the molecule is COC(=O)c1ccc(OC)c(NC(=O)c2cccnc2S(=O)C(C)(C)C)c1. The first-order chi connectivity index (χ1) is 12.7. The molecular formula is C19H22N2O5S. The van der Waals surface area contributed by atoms with Crippen LogP contribution in [-0.2, 0) is 15.5 Å². The summed E-state index contributed by atoms with van der Waals surface area (Å²) >= 11 is 0. The van der Waals surface area contributed by atoms with Gasteiger partial charge in [-0.3, -0.25) is 9.00 Å². The highest BCUT2D eigenvalue weighted by Gasteiger charge is 2.27. The average Bonchev–Trinajstić information content (AvgIpc) is 2.65. The molecule has 1 amide bonds. The smallest absolute Gasteiger partial charge is 0.337 e. The van der Waals surface area contributed by atoms with Gasteiger partial charge in [-0.2, -0.15) is 0 Å². The number of esters is 1. The van der Waals surface area contributed by atoms with Crippen LogP contribution in [0.2, 0.25) is 0 Å². The van der Waals surface area contributed by atoms with E-state index in [9.17, 15) is 13.8 Å². The molecule has 0 aliphatic rings. The van der Waals surface area contributed by atoms with Crippen LogP contribution in [0.4, 0.5) is 5.69 Å². The van der Waals surface area contributed by atoms with E-state index in [1.807, 2.05) is 20.8 Å². The Morgan fingerprint density at radius 1 is 1.15 bits per heavy atom. The molecule has 8 heteroatoms. The van der Waals surface area contributed by atoms with E-state index in [-0.39, 0.29) is 16.2 Å². The standard InChI is InChI=1S/C19H22N2O5S/c1-19(2,3)27(24)17-13(7-6-10-20-17)16(22)21-14-11-12(18(23)26-5)8-9-15(14)25-4/h6-11H,1-5H3,(H,21,22). The summed E-state index contributed by atoms with van der Waals surface area (Å²) in [4.78, 5) is 28.7. The number of aromatic nitrogens is 1. The maximum absolute atomic E-state index is 12.8. The van der Waals surface area contributed by atoms with E-state index in [0.717, 1.165) is 0 Å². The third-order valence-electron chi connectivity index (χ3n) is 3.62. The number of hydrogen-bond acceptors (Lipinski definition) is 6. The van der Waals surface area contributed by atoms with E-state index in [4.69, 9.17) is 9.47 Å². The van der Waals surface area contributed by atoms with Crippen molar-refractivity contribution in [3.63, 3.8) is 0 Å². The number of amides is 1. The number of ether oxygens (including phenoxy) is 2. The zero-order valence-electron chi connectivity index (χ0n) is 15.9. The Morgan fingerprint density at radius 3 is 2.44 bits per heavy atom. The fourth-order valence-corrected chi connectivity index (χ4v) is 3.34. The molecule has 2 rings (SSSR count). The number of carbonyl (C=O) groups excluding carboxylic acids is 2. The lowest BCUT2D eigenvalue weighted by Crippen LogP contribution is -2.25. The van der Waals surface area contributed by atoms with Gasteiger partial charge >= 0.3 is 5.97 Å². The Hall–Kier alpha value is -2.74. The first-order valence-electron chi connectivity index (χ1n) is 8.13. The van der Waals surface area contributed by atoms with Crippen molar-refractivity contribution in [3.05, 3.63) is 47.7 Å². The second kappa shape index (κ2) is 8.30. The van der Waals surface area contributed by atoms with Crippen LogP contribution in [-0.4, -0.2) is 40.0 Å². The molecule has 0 aliphatic carbocycles. The highest BCUT2D eigenvalue weighted by atomic mass is 32.2. The number of nitrogens with zero attached hydrogens (tertiary/aromatic N) is 1. The van der Waals surface area contributed by atoms with Crippen LogP contribution in [0.25, 0.3) is 0 Å². The van der Waals surface area contributed by atoms with Crippen molar-refractivity contribution in [1.29, 1.82) is 0 Å². The molecule has 0 spiro atoms. The number of anilines is 1. The van der Waals surface area contributed by atoms with E-state index in [0.29, 0.717) is 11.4 Å². The average molecular weight is 390 g/mol. The second-order valence-corrected chi connectivity index (χ2v) is 8.75. The molecule has 7 nitrogen and oxygen atoms in total. The van der Waals surface area contributed by atoms with Gasteiger partial charge in [0.05, 0.1) is 41.8 Å². The van der Waals surface area contributed by atoms with Crippen LogP contribution < -0.4 is 10.1 Å². The summed E-state index contributed by atoms with van der Waals surface area (Å²) < 4.78 is 22.1. The molecule has 0 bridgehead atoms. The first kappa shape index (κ1) is 20.6. The van der Waals surface area contributed by atoms with Crippen molar-refractivity contribution in [2.45, 2.75) is 30.5 Å². The molecule has 1 aromatic carbocycles. The number of methoxy groups -OCH3 is 2. The Balaban J connectivity index is 2.41. The number of rotatable bonds is 5. The molecule has 2 aromatic rings. The van der Waals surface area contributed by atoms with Crippen LogP contribution >= 0.6 is 0 Å². The maximum Gasteiger partial charge on any atom is 0.337 e. The summed E-state index contributed by atoms with van der Waals surface area (Å²) in [7, 11) is 1.24. The summed E-state index contributed by atoms with van der Waals surface area (Å²) in [6.45, 7) is 5.42. The van der Waals surface area contributed by atoms with Crippen molar-refractivity contribution in [2.24, 2.45) is 0 Å². The van der Waals surface area contributed by atoms with Crippen molar-refractivity contribution in [2.75, 3.05) is 19.5 Å². The predicted molar refractivity (Wildman–Crippen MR) is 103 cm³/mol. The third-order valence-corrected chi connectivity index (χ3v) is 5.41. The van der Waals surface area contributed by atoms with Gasteiger partial charge in [0.2, 0.25) is 0 Å². The fourth-order valence-electron chi connectivity index (χ4n) is 2.24. The minimum Gasteiger partial charge on any atom is -0.495 e. The number of hydrogen-bond donors (Lipinski definition) is 1. The zero-order chi connectivity index (χ0) is 20.2. The van der Waals surface area contributed by atoms with Gasteiger partial charge < -0.3 is 14.8 Å². The Bertz CT molecular complexity index is 890. The summed E-state index contributed by atoms with van der Waals surface area (Å²) in [6.07, 6.45) is 1.49. The summed E-state index contributed by atoms with van der Waals surface area (Å²) in [5.74, 6) is -0.668. The molecule has 0 saturated carbocycles. The van der Waals surface area contributed by atoms with Gasteiger partial charge in [0.25, 0.3) is 5.91 Å². The first-order valence-corrected chi connectivity index (χ1v) is 9.28. The molecule has 27 heavy (non-hydrogen) atoms. The van der Waals surface area contributed by atoms with Crippen molar-refractivity contribution < 1.29 is 23.3 Å². The van der Waals surface area contributed by atoms with Gasteiger partial charge in [-0.05, 0) is 51.1 Å². The lowest BCUT2D eigenvalue weighted by atomic mass is 10.1. The summed E-state index contributed by atoms with van der Waals surface area (Å²) in [6, 6.07) is 7.70. The molecule has 1 unspecified atom stereocenters. The Labute approximate surface area is 160 Å². The summed E-state index contributed by atoms with van der Waals surface area (Å²) in [5.41, 5.74) is 0.747. The quantitative estimate of drug-likeness (QED) is 0.789. The molecule has 0 fully saturated rings. The largest absolute Gasteiger partial charge is 0.495 e. The van der Waals surface area contributed by atoms with Gasteiger partial charge in [-0.1, -0.05) is 0 Å². The number of benzene rings is 1. The Morgan fingerprint density at radius 2 is 1.85 bits per heavy atom. The molecule has 1 aromatic heterocycles. The number of nitrogens with one attached hydrogen (secondary N) is 1. The maximum atomic E-state index is 12.8. The lowest BCUT2D eigenvalue weighted by Gasteiger charge is -2.19. The highest BCUT2D eigenvalue weighted by molar-refractivity contribution is 7.86. The molecule has 0 aliphatic heterocycles. The van der Waals surface area contributed by atoms with Gasteiger partial charge in [-0.25, -0.2) is 9.78 Å². The van der Waals surface area contributed by atoms with E-state index in [1.54, 1.807) is 18.2 Å². The second-order valence-electron chi connectivity index (χ2n) is 6.60. The molecular weight excluding hydrogens is 368 g/mol. The normalized spacial score (nSPS) is 12.2. The monoisotopic (exact) mass is 390 g/mol. The molecule has 0 radical (unpaired) electrons. The summed E-state index contributed by atoms with van der Waals surface area (Å²) in [5, 5.41) is 2.90. The Kier molecular flexibility index (Phi) is 6.32. The fraction of sp³-hybridized carbons (Fsp3) is 0.316. The van der Waals surface area contributed by atoms with Crippen molar-refractivity contribution in [1.82, 2.24) is 4.98 Å². The molecule has 1 atom stereocenters. The lowest BCUT2D eigenvalue weighted by molar-refractivity contribution is 0.0600. The van der Waals surface area contributed by atoms with E-state index < -0.39 is 27.4 Å². The molecule has 1 heterocycles. The van der Waals surface area contributed by atoms with Crippen molar-refractivity contribution >= 4 is 28.4 Å². The van der Waals surface area contributed by atoms with Gasteiger partial charge in [-0.15, -0.1) is 0 Å². The van der Waals surface area contributed by atoms with Gasteiger partial charge in [0, 0.05) is 10.9 Å². The molecule has 144 valence electrons. The third kappa shape index (κ3) is 4.71. The van der Waals surface area contributed by atoms with Crippen LogP contribution in [0.5, 0.6) is 5.75 Å². The van der Waals surface area contributed by atoms with Crippen LogP contribution in [0.3, 0.4) is 0 Å². The molecule has 1 N–H and O–H groups in total. The van der Waals surface area contributed by atoms with Crippen LogP contribution in [0.1, 0.15) is 41.5 Å².